The highest BCUT2D eigenvalue weighted by molar-refractivity contribution is 6.02. The van der Waals surface area contributed by atoms with Gasteiger partial charge in [-0.3, -0.25) is 9.59 Å². The lowest BCUT2D eigenvalue weighted by Crippen LogP contribution is -2.53. The van der Waals surface area contributed by atoms with E-state index in [-0.39, 0.29) is 17.7 Å². The van der Waals surface area contributed by atoms with E-state index in [2.05, 4.69) is 5.32 Å². The molecule has 0 radical (unpaired) electrons. The number of nitrogens with one attached hydrogen (secondary N) is 1. The molecule has 0 aromatic heterocycles. The van der Waals surface area contributed by atoms with Crippen LogP contribution in [-0.4, -0.2) is 29.9 Å². The van der Waals surface area contributed by atoms with Crippen LogP contribution in [0.1, 0.15) is 29.8 Å². The van der Waals surface area contributed by atoms with E-state index >= 15 is 0 Å². The minimum Gasteiger partial charge on any atom is -0.497 e. The zero-order valence-electron chi connectivity index (χ0n) is 15.1. The van der Waals surface area contributed by atoms with Gasteiger partial charge in [-0.05, 0) is 30.2 Å². The summed E-state index contributed by atoms with van der Waals surface area (Å²) < 4.78 is 5.26. The molecular formula is C21H22N2O3. The second-order valence-electron chi connectivity index (χ2n) is 6.53. The fourth-order valence-electron chi connectivity index (χ4n) is 3.06. The van der Waals surface area contributed by atoms with Crippen LogP contribution in [0.25, 0.3) is 5.70 Å². The van der Waals surface area contributed by atoms with Gasteiger partial charge in [-0.1, -0.05) is 44.2 Å². The molecule has 1 aliphatic rings. The first-order valence-corrected chi connectivity index (χ1v) is 8.56. The number of ether oxygens (including phenoxy) is 1. The van der Waals surface area contributed by atoms with E-state index in [4.69, 9.17) is 4.74 Å². The Bertz CT molecular complexity index is 843. The van der Waals surface area contributed by atoms with Gasteiger partial charge in [0.25, 0.3) is 5.91 Å². The summed E-state index contributed by atoms with van der Waals surface area (Å²) in [5.41, 5.74) is 1.91. The summed E-state index contributed by atoms with van der Waals surface area (Å²) in [6, 6.07) is 15.8. The first-order chi connectivity index (χ1) is 12.5. The molecule has 0 bridgehead atoms. The molecule has 26 heavy (non-hydrogen) atoms. The van der Waals surface area contributed by atoms with Crippen LogP contribution in [0.2, 0.25) is 0 Å². The Morgan fingerprint density at radius 2 is 1.85 bits per heavy atom. The number of methoxy groups -OCH3 is 1. The number of carbonyl (C=O) groups is 2. The third kappa shape index (κ3) is 3.47. The van der Waals surface area contributed by atoms with E-state index in [1.54, 1.807) is 25.4 Å². The van der Waals surface area contributed by atoms with Gasteiger partial charge in [-0.15, -0.1) is 0 Å². The molecule has 1 aliphatic heterocycles. The van der Waals surface area contributed by atoms with Crippen LogP contribution in [0.4, 0.5) is 0 Å². The van der Waals surface area contributed by atoms with Crippen molar-refractivity contribution in [1.29, 1.82) is 0 Å². The summed E-state index contributed by atoms with van der Waals surface area (Å²) >= 11 is 0. The normalized spacial score (nSPS) is 16.9. The van der Waals surface area contributed by atoms with Crippen molar-refractivity contribution in [2.24, 2.45) is 5.92 Å². The monoisotopic (exact) mass is 350 g/mol. The second kappa shape index (κ2) is 7.44. The zero-order valence-corrected chi connectivity index (χ0v) is 15.1. The minimum absolute atomic E-state index is 0.0224. The standard InChI is InChI=1S/C21H22N2O3/c1-14(2)19-20(24)22-18(16-10-7-11-17(12-16)26-3)13-23(19)21(25)15-8-5-4-6-9-15/h4-14,19H,1-3H3,(H,22,24). The number of nitrogens with zero attached hydrogens (tertiary/aromatic N) is 1. The third-order valence-corrected chi connectivity index (χ3v) is 4.36. The Hall–Kier alpha value is -3.08. The fourth-order valence-corrected chi connectivity index (χ4v) is 3.06. The van der Waals surface area contributed by atoms with Crippen molar-refractivity contribution in [3.8, 4) is 5.75 Å². The van der Waals surface area contributed by atoms with Crippen molar-refractivity contribution in [2.75, 3.05) is 7.11 Å². The van der Waals surface area contributed by atoms with Crippen LogP contribution in [0.5, 0.6) is 5.75 Å². The van der Waals surface area contributed by atoms with E-state index in [1.165, 1.54) is 4.90 Å². The third-order valence-electron chi connectivity index (χ3n) is 4.36. The number of hydrogen-bond donors (Lipinski definition) is 1. The fraction of sp³-hybridized carbons (Fsp3) is 0.238. The van der Waals surface area contributed by atoms with Crippen molar-refractivity contribution < 1.29 is 14.3 Å². The molecule has 0 fully saturated rings. The van der Waals surface area contributed by atoms with Crippen molar-refractivity contribution in [3.63, 3.8) is 0 Å². The quantitative estimate of drug-likeness (QED) is 0.920. The lowest BCUT2D eigenvalue weighted by Gasteiger charge is -2.35. The number of benzene rings is 2. The van der Waals surface area contributed by atoms with Gasteiger partial charge in [0.15, 0.2) is 0 Å². The molecule has 1 atom stereocenters. The predicted octanol–water partition coefficient (Wildman–Crippen LogP) is 3.29. The summed E-state index contributed by atoms with van der Waals surface area (Å²) in [7, 11) is 1.59. The molecule has 0 aliphatic carbocycles. The van der Waals surface area contributed by atoms with Crippen LogP contribution in [0.3, 0.4) is 0 Å². The van der Waals surface area contributed by atoms with Gasteiger partial charge in [0.1, 0.15) is 11.8 Å². The molecule has 1 unspecified atom stereocenters. The van der Waals surface area contributed by atoms with Gasteiger partial charge in [0.2, 0.25) is 5.91 Å². The van der Waals surface area contributed by atoms with Crippen LogP contribution in [0.15, 0.2) is 60.8 Å². The molecule has 0 saturated carbocycles. The molecule has 1 N–H and O–H groups in total. The van der Waals surface area contributed by atoms with Crippen molar-refractivity contribution in [2.45, 2.75) is 19.9 Å². The highest BCUT2D eigenvalue weighted by Crippen LogP contribution is 2.26. The molecule has 5 heteroatoms. The summed E-state index contributed by atoms with van der Waals surface area (Å²) in [5, 5.41) is 2.92. The van der Waals surface area contributed by atoms with Gasteiger partial charge < -0.3 is 15.0 Å². The van der Waals surface area contributed by atoms with Crippen molar-refractivity contribution >= 4 is 17.5 Å². The average molecular weight is 350 g/mol. The Labute approximate surface area is 153 Å². The smallest absolute Gasteiger partial charge is 0.258 e. The SMILES string of the molecule is COc1cccc(C2=CN(C(=O)c3ccccc3)C(C(C)C)C(=O)N2)c1. The van der Waals surface area contributed by atoms with Crippen molar-refractivity contribution in [3.05, 3.63) is 71.9 Å². The summed E-state index contributed by atoms with van der Waals surface area (Å²) in [4.78, 5) is 27.3. The molecule has 2 amide bonds. The summed E-state index contributed by atoms with van der Waals surface area (Å²) in [5.74, 6) is 0.277. The first-order valence-electron chi connectivity index (χ1n) is 8.56. The van der Waals surface area contributed by atoms with Gasteiger partial charge in [0.05, 0.1) is 12.8 Å². The Morgan fingerprint density at radius 1 is 1.12 bits per heavy atom. The van der Waals surface area contributed by atoms with Gasteiger partial charge in [0, 0.05) is 17.3 Å². The molecule has 0 saturated heterocycles. The van der Waals surface area contributed by atoms with E-state index < -0.39 is 6.04 Å². The largest absolute Gasteiger partial charge is 0.497 e. The van der Waals surface area contributed by atoms with E-state index in [1.807, 2.05) is 56.3 Å². The summed E-state index contributed by atoms with van der Waals surface area (Å²) in [6.45, 7) is 3.86. The zero-order chi connectivity index (χ0) is 18.7. The number of hydrogen-bond acceptors (Lipinski definition) is 3. The Morgan fingerprint density at radius 3 is 2.50 bits per heavy atom. The molecule has 134 valence electrons. The highest BCUT2D eigenvalue weighted by atomic mass is 16.5. The summed E-state index contributed by atoms with van der Waals surface area (Å²) in [6.07, 6.45) is 1.72. The first kappa shape index (κ1) is 17.7. The van der Waals surface area contributed by atoms with Crippen LogP contribution >= 0.6 is 0 Å². The highest BCUT2D eigenvalue weighted by Gasteiger charge is 2.36. The number of amides is 2. The van der Waals surface area contributed by atoms with Gasteiger partial charge >= 0.3 is 0 Å². The maximum absolute atomic E-state index is 13.0. The topological polar surface area (TPSA) is 58.6 Å². The molecule has 5 nitrogen and oxygen atoms in total. The molecule has 1 heterocycles. The second-order valence-corrected chi connectivity index (χ2v) is 6.53. The minimum atomic E-state index is -0.558. The van der Waals surface area contributed by atoms with Crippen LogP contribution < -0.4 is 10.1 Å². The molecule has 2 aromatic carbocycles. The van der Waals surface area contributed by atoms with Gasteiger partial charge in [-0.2, -0.15) is 0 Å². The van der Waals surface area contributed by atoms with Crippen LogP contribution in [0, 0.1) is 5.92 Å². The Kier molecular flexibility index (Phi) is 5.07. The molecule has 2 aromatic rings. The molecule has 0 spiro atoms. The lowest BCUT2D eigenvalue weighted by atomic mass is 9.97. The average Bonchev–Trinajstić information content (AvgIpc) is 2.67. The Balaban J connectivity index is 2.04. The van der Waals surface area contributed by atoms with Gasteiger partial charge in [-0.25, -0.2) is 0 Å². The molecule has 3 rings (SSSR count). The van der Waals surface area contributed by atoms with Crippen molar-refractivity contribution in [1.82, 2.24) is 10.2 Å². The predicted molar refractivity (Wildman–Crippen MR) is 100 cm³/mol. The number of rotatable bonds is 4. The number of carbonyl (C=O) groups excluding carboxylic acids is 2. The molecular weight excluding hydrogens is 328 g/mol. The van der Waals surface area contributed by atoms with E-state index in [9.17, 15) is 9.59 Å². The van der Waals surface area contributed by atoms with E-state index in [0.29, 0.717) is 17.0 Å². The van der Waals surface area contributed by atoms with Crippen LogP contribution in [-0.2, 0) is 4.79 Å². The van der Waals surface area contributed by atoms with E-state index in [0.717, 1.165) is 5.56 Å². The maximum Gasteiger partial charge on any atom is 0.258 e. The lowest BCUT2D eigenvalue weighted by molar-refractivity contribution is -0.125. The maximum atomic E-state index is 13.0.